The van der Waals surface area contributed by atoms with E-state index in [9.17, 15) is 4.79 Å². The lowest BCUT2D eigenvalue weighted by atomic mass is 9.96. The molecule has 86 valence electrons. The number of amides is 1. The minimum absolute atomic E-state index is 0.250. The summed E-state index contributed by atoms with van der Waals surface area (Å²) in [6, 6.07) is 0.374. The molecule has 0 unspecified atom stereocenters. The van der Waals surface area contributed by atoms with E-state index in [1.54, 1.807) is 0 Å². The molecule has 2 aliphatic carbocycles. The molecule has 1 N–H and O–H groups in total. The highest BCUT2D eigenvalue weighted by molar-refractivity contribution is 5.68. The van der Waals surface area contributed by atoms with Crippen LogP contribution in [0.3, 0.4) is 0 Å². The Hall–Kier alpha value is -0.730. The van der Waals surface area contributed by atoms with Gasteiger partial charge in [0.2, 0.25) is 0 Å². The summed E-state index contributed by atoms with van der Waals surface area (Å²) in [5.74, 6) is 1.57. The molecule has 2 bridgehead atoms. The number of alkyl carbamates (subject to hydrolysis) is 1. The van der Waals surface area contributed by atoms with Crippen molar-refractivity contribution in [3.05, 3.63) is 0 Å². The van der Waals surface area contributed by atoms with Gasteiger partial charge in [0, 0.05) is 6.04 Å². The van der Waals surface area contributed by atoms with E-state index in [-0.39, 0.29) is 11.7 Å². The molecule has 0 aromatic heterocycles. The van der Waals surface area contributed by atoms with Crippen LogP contribution in [0.25, 0.3) is 0 Å². The molecule has 0 aliphatic heterocycles. The Kier molecular flexibility index (Phi) is 2.65. The Bertz CT molecular complexity index is 257. The van der Waals surface area contributed by atoms with Crippen LogP contribution in [0.1, 0.15) is 46.5 Å². The molecule has 2 rings (SSSR count). The van der Waals surface area contributed by atoms with Crippen molar-refractivity contribution in [3.8, 4) is 0 Å². The van der Waals surface area contributed by atoms with E-state index in [4.69, 9.17) is 4.74 Å². The van der Waals surface area contributed by atoms with Crippen molar-refractivity contribution in [2.24, 2.45) is 11.8 Å². The van der Waals surface area contributed by atoms with E-state index in [0.29, 0.717) is 12.0 Å². The van der Waals surface area contributed by atoms with Gasteiger partial charge < -0.3 is 10.1 Å². The minimum atomic E-state index is -0.387. The zero-order chi connectivity index (χ0) is 11.1. The lowest BCUT2D eigenvalue weighted by Crippen LogP contribution is -2.41. The average Bonchev–Trinajstić information content (AvgIpc) is 2.60. The number of hydrogen-bond acceptors (Lipinski definition) is 2. The molecule has 0 radical (unpaired) electrons. The summed E-state index contributed by atoms with van der Waals surface area (Å²) < 4.78 is 5.26. The topological polar surface area (TPSA) is 38.3 Å². The second kappa shape index (κ2) is 3.69. The fourth-order valence-electron chi connectivity index (χ4n) is 2.88. The number of carbonyl (C=O) groups is 1. The maximum Gasteiger partial charge on any atom is 0.407 e. The van der Waals surface area contributed by atoms with Crippen molar-refractivity contribution in [2.75, 3.05) is 0 Å². The summed E-state index contributed by atoms with van der Waals surface area (Å²) in [7, 11) is 0. The Labute approximate surface area is 91.6 Å². The third kappa shape index (κ3) is 2.64. The average molecular weight is 211 g/mol. The van der Waals surface area contributed by atoms with Crippen molar-refractivity contribution in [1.29, 1.82) is 0 Å². The van der Waals surface area contributed by atoms with Crippen LogP contribution in [0, 0.1) is 11.8 Å². The van der Waals surface area contributed by atoms with Gasteiger partial charge in [0.1, 0.15) is 5.60 Å². The summed E-state index contributed by atoms with van der Waals surface area (Å²) in [5.41, 5.74) is -0.387. The molecule has 2 fully saturated rings. The van der Waals surface area contributed by atoms with Crippen LogP contribution in [-0.4, -0.2) is 17.7 Å². The molecule has 3 heteroatoms. The first-order chi connectivity index (χ1) is 6.94. The van der Waals surface area contributed by atoms with Crippen LogP contribution >= 0.6 is 0 Å². The fraction of sp³-hybridized carbons (Fsp3) is 0.917. The lowest BCUT2D eigenvalue weighted by Gasteiger charge is -2.25. The maximum atomic E-state index is 11.6. The Morgan fingerprint density at radius 1 is 1.27 bits per heavy atom. The highest BCUT2D eigenvalue weighted by atomic mass is 16.6. The SMILES string of the molecule is CC(C)(C)OC(=O)N[C@@H]1C[C@H]2CC[C@@H]1C2. The summed E-state index contributed by atoms with van der Waals surface area (Å²) in [6.07, 6.45) is 4.85. The quantitative estimate of drug-likeness (QED) is 0.724. The van der Waals surface area contributed by atoms with Crippen molar-refractivity contribution in [2.45, 2.75) is 58.1 Å². The standard InChI is InChI=1S/C12H21NO2/c1-12(2,3)15-11(14)13-10-7-8-4-5-9(10)6-8/h8-10H,4-7H2,1-3H3,(H,13,14)/t8-,9+,10+/m0/s1. The van der Waals surface area contributed by atoms with E-state index < -0.39 is 0 Å². The van der Waals surface area contributed by atoms with Gasteiger partial charge in [0.25, 0.3) is 0 Å². The van der Waals surface area contributed by atoms with E-state index in [2.05, 4.69) is 5.32 Å². The molecule has 1 amide bonds. The van der Waals surface area contributed by atoms with E-state index in [1.165, 1.54) is 19.3 Å². The predicted octanol–water partition coefficient (Wildman–Crippen LogP) is 2.70. The van der Waals surface area contributed by atoms with Crippen molar-refractivity contribution in [3.63, 3.8) is 0 Å². The van der Waals surface area contributed by atoms with Crippen LogP contribution in [0.15, 0.2) is 0 Å². The van der Waals surface area contributed by atoms with Gasteiger partial charge in [-0.05, 0) is 51.9 Å². The molecule has 2 saturated carbocycles. The summed E-state index contributed by atoms with van der Waals surface area (Å²) in [5, 5.41) is 3.01. The number of rotatable bonds is 1. The highest BCUT2D eigenvalue weighted by Gasteiger charge is 2.40. The number of fused-ring (bicyclic) bond motifs is 2. The first-order valence-electron chi connectivity index (χ1n) is 5.93. The predicted molar refractivity (Wildman–Crippen MR) is 58.6 cm³/mol. The molecule has 2 aliphatic rings. The third-order valence-electron chi connectivity index (χ3n) is 3.44. The molecule has 15 heavy (non-hydrogen) atoms. The zero-order valence-corrected chi connectivity index (χ0v) is 9.88. The number of nitrogens with one attached hydrogen (secondary N) is 1. The normalized spacial score (nSPS) is 34.2. The summed E-state index contributed by atoms with van der Waals surface area (Å²) in [4.78, 5) is 11.6. The third-order valence-corrected chi connectivity index (χ3v) is 3.44. The van der Waals surface area contributed by atoms with Gasteiger partial charge in [-0.3, -0.25) is 0 Å². The number of ether oxygens (including phenoxy) is 1. The van der Waals surface area contributed by atoms with Crippen LogP contribution < -0.4 is 5.32 Å². The molecule has 0 aromatic rings. The van der Waals surface area contributed by atoms with E-state index in [0.717, 1.165) is 12.3 Å². The zero-order valence-electron chi connectivity index (χ0n) is 9.88. The van der Waals surface area contributed by atoms with Gasteiger partial charge in [0.05, 0.1) is 0 Å². The van der Waals surface area contributed by atoms with E-state index >= 15 is 0 Å². The summed E-state index contributed by atoms with van der Waals surface area (Å²) in [6.45, 7) is 5.69. The van der Waals surface area contributed by atoms with Crippen molar-refractivity contribution in [1.82, 2.24) is 5.32 Å². The van der Waals surface area contributed by atoms with Crippen LogP contribution in [0.4, 0.5) is 4.79 Å². The monoisotopic (exact) mass is 211 g/mol. The van der Waals surface area contributed by atoms with Crippen LogP contribution in [-0.2, 0) is 4.74 Å². The van der Waals surface area contributed by atoms with Gasteiger partial charge in [-0.1, -0.05) is 6.42 Å². The molecular weight excluding hydrogens is 190 g/mol. The van der Waals surface area contributed by atoms with Crippen LogP contribution in [0.5, 0.6) is 0 Å². The number of carbonyl (C=O) groups excluding carboxylic acids is 1. The highest BCUT2D eigenvalue weighted by Crippen LogP contribution is 2.44. The first kappa shape index (κ1) is 10.8. The molecule has 0 aromatic carbocycles. The Morgan fingerprint density at radius 3 is 2.47 bits per heavy atom. The maximum absolute atomic E-state index is 11.6. The van der Waals surface area contributed by atoms with Crippen molar-refractivity contribution < 1.29 is 9.53 Å². The first-order valence-corrected chi connectivity index (χ1v) is 5.93. The van der Waals surface area contributed by atoms with Gasteiger partial charge in [0.15, 0.2) is 0 Å². The second-order valence-corrected chi connectivity index (χ2v) is 5.93. The Balaban J connectivity index is 1.80. The molecular formula is C12H21NO2. The molecule has 3 nitrogen and oxygen atoms in total. The smallest absolute Gasteiger partial charge is 0.407 e. The molecule has 0 spiro atoms. The summed E-state index contributed by atoms with van der Waals surface area (Å²) >= 11 is 0. The molecule has 0 saturated heterocycles. The minimum Gasteiger partial charge on any atom is -0.444 e. The van der Waals surface area contributed by atoms with Crippen molar-refractivity contribution >= 4 is 6.09 Å². The van der Waals surface area contributed by atoms with Gasteiger partial charge >= 0.3 is 6.09 Å². The number of hydrogen-bond donors (Lipinski definition) is 1. The van der Waals surface area contributed by atoms with E-state index in [1.807, 2.05) is 20.8 Å². The van der Waals surface area contributed by atoms with Crippen LogP contribution in [0.2, 0.25) is 0 Å². The van der Waals surface area contributed by atoms with Gasteiger partial charge in [-0.2, -0.15) is 0 Å². The second-order valence-electron chi connectivity index (χ2n) is 5.93. The van der Waals surface area contributed by atoms with Gasteiger partial charge in [-0.25, -0.2) is 4.79 Å². The lowest BCUT2D eigenvalue weighted by molar-refractivity contribution is 0.0487. The largest absolute Gasteiger partial charge is 0.444 e. The fourth-order valence-corrected chi connectivity index (χ4v) is 2.88. The Morgan fingerprint density at radius 2 is 2.00 bits per heavy atom. The molecule has 0 heterocycles. The van der Waals surface area contributed by atoms with Gasteiger partial charge in [-0.15, -0.1) is 0 Å². The molecule has 3 atom stereocenters.